The van der Waals surface area contributed by atoms with Crippen LogP contribution in [0, 0.1) is 0 Å². The summed E-state index contributed by atoms with van der Waals surface area (Å²) >= 11 is 7.27. The third-order valence-corrected chi connectivity index (χ3v) is 3.86. The van der Waals surface area contributed by atoms with E-state index in [1.165, 1.54) is 32.1 Å². The Hall–Kier alpha value is -0.0000000000000000555. The highest BCUT2D eigenvalue weighted by molar-refractivity contribution is 7.97. The maximum atomic E-state index is 11.3. The lowest BCUT2D eigenvalue weighted by molar-refractivity contribution is -0.133. The Labute approximate surface area is 127 Å². The number of hydrogen-bond acceptors (Lipinski definition) is 3. The van der Waals surface area contributed by atoms with Crippen LogP contribution in [0.15, 0.2) is 0 Å². The third-order valence-electron chi connectivity index (χ3n) is 3.29. The summed E-state index contributed by atoms with van der Waals surface area (Å²) in [7, 11) is 0. The number of unbranched alkanes of at least 4 members (excludes halogenated alkanes) is 7. The van der Waals surface area contributed by atoms with Gasteiger partial charge in [0.15, 0.2) is 5.12 Å². The second-order valence-corrected chi connectivity index (χ2v) is 6.04. The van der Waals surface area contributed by atoms with Crippen LogP contribution in [0.5, 0.6) is 0 Å². The molecule has 0 saturated heterocycles. The molecular formula is C14H26O3S2. The fourth-order valence-corrected chi connectivity index (χ4v) is 2.52. The molecule has 1 atom stereocenters. The van der Waals surface area contributed by atoms with Crippen LogP contribution in [0.2, 0.25) is 0 Å². The first-order valence-electron chi connectivity index (χ1n) is 7.10. The molecule has 0 aromatic carbocycles. The van der Waals surface area contributed by atoms with Crippen LogP contribution in [0.1, 0.15) is 71.1 Å². The number of rotatable bonds is 12. The molecule has 0 aliphatic carbocycles. The first kappa shape index (κ1) is 19.0. The van der Waals surface area contributed by atoms with Gasteiger partial charge in [0.05, 0.1) is 6.42 Å². The van der Waals surface area contributed by atoms with E-state index < -0.39 is 15.8 Å². The van der Waals surface area contributed by atoms with Crippen molar-refractivity contribution in [3.63, 3.8) is 0 Å². The number of aliphatic hydroxyl groups is 1. The average molecular weight is 306 g/mol. The minimum Gasteiger partial charge on any atom is -0.381 e. The van der Waals surface area contributed by atoms with Gasteiger partial charge >= 0.3 is 0 Å². The Balaban J connectivity index is 3.77. The molecule has 112 valence electrons. The summed E-state index contributed by atoms with van der Waals surface area (Å²) in [6, 6.07) is 0. The number of carbonyl (C=O) groups excluding carboxylic acids is 2. The fourth-order valence-electron chi connectivity index (χ4n) is 2.07. The molecule has 0 aromatic heterocycles. The van der Waals surface area contributed by atoms with Crippen molar-refractivity contribution in [3.05, 3.63) is 0 Å². The molecule has 0 spiro atoms. The van der Waals surface area contributed by atoms with Gasteiger partial charge in [0.2, 0.25) is 5.12 Å². The quantitative estimate of drug-likeness (QED) is 0.382. The molecule has 0 saturated carbocycles. The van der Waals surface area contributed by atoms with Gasteiger partial charge in [0.25, 0.3) is 0 Å². The number of hydrogen-bond donors (Lipinski definition) is 3. The summed E-state index contributed by atoms with van der Waals surface area (Å²) in [5.74, 6) is 0. The normalized spacial score (nSPS) is 14.1. The van der Waals surface area contributed by atoms with Crippen molar-refractivity contribution in [2.45, 2.75) is 76.7 Å². The summed E-state index contributed by atoms with van der Waals surface area (Å²) in [6.45, 7) is 2.19. The van der Waals surface area contributed by atoms with Gasteiger partial charge in [-0.15, -0.1) is 25.3 Å². The Morgan fingerprint density at radius 2 is 1.42 bits per heavy atom. The van der Waals surface area contributed by atoms with Crippen molar-refractivity contribution in [2.24, 2.45) is 0 Å². The Kier molecular flexibility index (Phi) is 10.7. The van der Waals surface area contributed by atoms with E-state index in [1.54, 1.807) is 0 Å². The van der Waals surface area contributed by atoms with Gasteiger partial charge < -0.3 is 5.11 Å². The van der Waals surface area contributed by atoms with Gasteiger partial charge in [-0.2, -0.15) is 0 Å². The molecule has 3 nitrogen and oxygen atoms in total. The molecular weight excluding hydrogens is 280 g/mol. The van der Waals surface area contributed by atoms with Crippen LogP contribution < -0.4 is 0 Å². The lowest BCUT2D eigenvalue weighted by Gasteiger charge is -2.22. The van der Waals surface area contributed by atoms with Gasteiger partial charge in [0.1, 0.15) is 5.60 Å². The van der Waals surface area contributed by atoms with Crippen LogP contribution in [-0.2, 0) is 9.59 Å². The molecule has 0 aliphatic heterocycles. The Morgan fingerprint density at radius 3 is 1.84 bits per heavy atom. The Bertz CT molecular complexity index is 282. The standard InChI is InChI=1S/C14H26O3S2/c1-2-3-4-5-6-7-8-9-10-14(17,13(16)19)11-12(15)18/h17H,2-11H2,1H3,(H,15,18)(H,16,19). The zero-order valence-electron chi connectivity index (χ0n) is 11.7. The molecule has 1 N–H and O–H groups in total. The molecule has 5 heteroatoms. The smallest absolute Gasteiger partial charge is 0.217 e. The molecule has 0 rings (SSSR count). The van der Waals surface area contributed by atoms with Gasteiger partial charge in [-0.3, -0.25) is 9.59 Å². The first-order valence-corrected chi connectivity index (χ1v) is 7.99. The summed E-state index contributed by atoms with van der Waals surface area (Å²) < 4.78 is 0. The van der Waals surface area contributed by atoms with Gasteiger partial charge in [0, 0.05) is 0 Å². The van der Waals surface area contributed by atoms with Crippen LogP contribution in [0.4, 0.5) is 0 Å². The molecule has 1 unspecified atom stereocenters. The predicted octanol–water partition coefficient (Wildman–Crippen LogP) is 3.55. The van der Waals surface area contributed by atoms with Crippen molar-refractivity contribution >= 4 is 35.5 Å². The second kappa shape index (κ2) is 10.7. The summed E-state index contributed by atoms with van der Waals surface area (Å²) in [4.78, 5) is 22.2. The topological polar surface area (TPSA) is 54.4 Å². The highest BCUT2D eigenvalue weighted by atomic mass is 32.1. The maximum absolute atomic E-state index is 11.3. The SMILES string of the molecule is CCCCCCCCCCC(O)(CC(=O)S)C(=O)S. The van der Waals surface area contributed by atoms with Crippen molar-refractivity contribution in [1.29, 1.82) is 0 Å². The van der Waals surface area contributed by atoms with Crippen LogP contribution in [0.3, 0.4) is 0 Å². The van der Waals surface area contributed by atoms with Crippen LogP contribution >= 0.6 is 25.3 Å². The molecule has 19 heavy (non-hydrogen) atoms. The van der Waals surface area contributed by atoms with E-state index >= 15 is 0 Å². The van der Waals surface area contributed by atoms with Crippen molar-refractivity contribution in [3.8, 4) is 0 Å². The fraction of sp³-hybridized carbons (Fsp3) is 0.857. The first-order chi connectivity index (χ1) is 8.92. The largest absolute Gasteiger partial charge is 0.381 e. The zero-order valence-corrected chi connectivity index (χ0v) is 13.5. The second-order valence-electron chi connectivity index (χ2n) is 5.13. The molecule has 0 aromatic rings. The van der Waals surface area contributed by atoms with E-state index in [0.717, 1.165) is 19.3 Å². The molecule has 0 amide bonds. The summed E-state index contributed by atoms with van der Waals surface area (Å²) in [5.41, 5.74) is -1.63. The molecule has 0 heterocycles. The van der Waals surface area contributed by atoms with E-state index in [9.17, 15) is 14.7 Å². The summed E-state index contributed by atoms with van der Waals surface area (Å²) in [6.07, 6.45) is 9.10. The van der Waals surface area contributed by atoms with E-state index in [4.69, 9.17) is 0 Å². The minimum atomic E-state index is -1.63. The number of carbonyl (C=O) groups is 2. The lowest BCUT2D eigenvalue weighted by Crippen LogP contribution is -2.37. The predicted molar refractivity (Wildman–Crippen MR) is 84.8 cm³/mol. The molecule has 0 fully saturated rings. The van der Waals surface area contributed by atoms with E-state index in [0.29, 0.717) is 0 Å². The molecule has 0 aliphatic rings. The minimum absolute atomic E-state index is 0.255. The number of thiol groups is 2. The zero-order chi connectivity index (χ0) is 14.7. The van der Waals surface area contributed by atoms with Crippen LogP contribution in [0.25, 0.3) is 0 Å². The maximum Gasteiger partial charge on any atom is 0.217 e. The highest BCUT2D eigenvalue weighted by Gasteiger charge is 2.34. The Morgan fingerprint density at radius 1 is 0.947 bits per heavy atom. The van der Waals surface area contributed by atoms with Crippen LogP contribution in [-0.4, -0.2) is 20.9 Å². The summed E-state index contributed by atoms with van der Waals surface area (Å²) in [5, 5.41) is 8.91. The van der Waals surface area contributed by atoms with Crippen molar-refractivity contribution < 1.29 is 14.7 Å². The monoisotopic (exact) mass is 306 g/mol. The van der Waals surface area contributed by atoms with Gasteiger partial charge in [-0.1, -0.05) is 58.3 Å². The van der Waals surface area contributed by atoms with E-state index in [2.05, 4.69) is 32.2 Å². The lowest BCUT2D eigenvalue weighted by atomic mass is 9.94. The third kappa shape index (κ3) is 9.52. The molecule has 0 bridgehead atoms. The van der Waals surface area contributed by atoms with Gasteiger partial charge in [-0.05, 0) is 6.42 Å². The van der Waals surface area contributed by atoms with Crippen molar-refractivity contribution in [1.82, 2.24) is 0 Å². The van der Waals surface area contributed by atoms with E-state index in [-0.39, 0.29) is 12.8 Å². The van der Waals surface area contributed by atoms with E-state index in [1.807, 2.05) is 0 Å². The van der Waals surface area contributed by atoms with Crippen molar-refractivity contribution in [2.75, 3.05) is 0 Å². The van der Waals surface area contributed by atoms with Gasteiger partial charge in [-0.25, -0.2) is 0 Å². The highest BCUT2D eigenvalue weighted by Crippen LogP contribution is 2.23. The molecule has 0 radical (unpaired) electrons. The average Bonchev–Trinajstić information content (AvgIpc) is 2.31.